The first-order chi connectivity index (χ1) is 11.6. The lowest BCUT2D eigenvalue weighted by atomic mass is 10.1. The van der Waals surface area contributed by atoms with E-state index in [0.29, 0.717) is 0 Å². The average Bonchev–Trinajstić information content (AvgIpc) is 2.57. The molecule has 0 aromatic rings. The maximum atomic E-state index is 11.2. The summed E-state index contributed by atoms with van der Waals surface area (Å²) in [5.74, 6) is 0. The number of hydrogen-bond donors (Lipinski definition) is 0. The summed E-state index contributed by atoms with van der Waals surface area (Å²) in [5.41, 5.74) is -1.63. The van der Waals surface area contributed by atoms with E-state index in [-0.39, 0.29) is 26.4 Å². The molecule has 0 aliphatic carbocycles. The van der Waals surface area contributed by atoms with Gasteiger partial charge in [0.25, 0.3) is 0 Å². The summed E-state index contributed by atoms with van der Waals surface area (Å²) in [6, 6.07) is 0. The van der Waals surface area contributed by atoms with Gasteiger partial charge in [-0.2, -0.15) is 9.78 Å². The van der Waals surface area contributed by atoms with Crippen molar-refractivity contribution >= 4 is 12.3 Å². The first-order valence-corrected chi connectivity index (χ1v) is 7.51. The molecule has 0 saturated carbocycles. The van der Waals surface area contributed by atoms with Crippen molar-refractivity contribution in [1.82, 2.24) is 0 Å². The number of hydrogen-bond acceptors (Lipinski definition) is 9. The van der Waals surface area contributed by atoms with Crippen LogP contribution in [-0.2, 0) is 33.8 Å². The van der Waals surface area contributed by atoms with Crippen molar-refractivity contribution in [3.8, 4) is 0 Å². The van der Waals surface area contributed by atoms with Crippen LogP contribution in [0, 0.1) is 0 Å². The molecule has 0 aromatic heterocycles. The molecule has 0 aliphatic heterocycles. The van der Waals surface area contributed by atoms with Crippen molar-refractivity contribution in [2.45, 2.75) is 38.9 Å². The fourth-order valence-electron chi connectivity index (χ4n) is 0.869. The van der Waals surface area contributed by atoms with E-state index in [1.54, 1.807) is 27.7 Å². The normalized spacial score (nSPS) is 11.4. The summed E-state index contributed by atoms with van der Waals surface area (Å²) < 4.78 is 14.5. The number of rotatable bonds is 12. The molecular weight excluding hydrogens is 336 g/mol. The minimum absolute atomic E-state index is 0.0577. The van der Waals surface area contributed by atoms with Gasteiger partial charge in [-0.3, -0.25) is 9.78 Å². The Bertz CT molecular complexity index is 403. The molecule has 0 saturated heterocycles. The van der Waals surface area contributed by atoms with E-state index in [1.807, 2.05) is 0 Å². The van der Waals surface area contributed by atoms with E-state index in [4.69, 9.17) is 24.0 Å². The lowest BCUT2D eigenvalue weighted by Crippen LogP contribution is -2.24. The van der Waals surface area contributed by atoms with Crippen LogP contribution in [0.15, 0.2) is 25.3 Å². The zero-order valence-corrected chi connectivity index (χ0v) is 15.1. The van der Waals surface area contributed by atoms with Crippen LogP contribution in [0.2, 0.25) is 0 Å². The molecule has 0 bridgehead atoms. The van der Waals surface area contributed by atoms with Crippen molar-refractivity contribution < 1.29 is 43.3 Å². The van der Waals surface area contributed by atoms with Gasteiger partial charge in [0.2, 0.25) is 0 Å². The molecule has 25 heavy (non-hydrogen) atoms. The van der Waals surface area contributed by atoms with Gasteiger partial charge in [0, 0.05) is 0 Å². The average molecular weight is 362 g/mol. The van der Waals surface area contributed by atoms with Crippen LogP contribution in [0.4, 0.5) is 9.59 Å². The highest BCUT2D eigenvalue weighted by molar-refractivity contribution is 5.59. The summed E-state index contributed by atoms with van der Waals surface area (Å²) >= 11 is 0. The SMILES string of the molecule is C=CC(C)(C)OOC(=O)OCCOCCOC(=O)OOC(C)(C)C=C. The van der Waals surface area contributed by atoms with Gasteiger partial charge in [0.15, 0.2) is 0 Å². The second kappa shape index (κ2) is 11.5. The van der Waals surface area contributed by atoms with E-state index in [0.717, 1.165) is 0 Å². The quantitative estimate of drug-likeness (QED) is 0.170. The van der Waals surface area contributed by atoms with Crippen LogP contribution in [0.1, 0.15) is 27.7 Å². The molecule has 0 atom stereocenters. The predicted octanol–water partition coefficient (Wildman–Crippen LogP) is 3.10. The highest BCUT2D eigenvalue weighted by Gasteiger charge is 2.19. The number of carbonyl (C=O) groups excluding carboxylic acids is 2. The van der Waals surface area contributed by atoms with Crippen molar-refractivity contribution in [1.29, 1.82) is 0 Å². The molecule has 9 nitrogen and oxygen atoms in total. The Kier molecular flexibility index (Phi) is 10.5. The molecule has 0 fully saturated rings. The standard InChI is InChI=1S/C16H26O9/c1-7-15(3,4)24-22-13(17)20-11-9-19-10-12-21-14(18)23-25-16(5,6)8-2/h7-8H,1-2,9-12H2,3-6H3. The van der Waals surface area contributed by atoms with E-state index in [1.165, 1.54) is 12.2 Å². The fraction of sp³-hybridized carbons (Fsp3) is 0.625. The van der Waals surface area contributed by atoms with Crippen LogP contribution >= 0.6 is 0 Å². The monoisotopic (exact) mass is 362 g/mol. The second-order valence-electron chi connectivity index (χ2n) is 5.76. The zero-order chi connectivity index (χ0) is 19.3. The number of carbonyl (C=O) groups is 2. The Morgan fingerprint density at radius 1 is 0.760 bits per heavy atom. The molecule has 9 heteroatoms. The third-order valence-electron chi connectivity index (χ3n) is 2.53. The third kappa shape index (κ3) is 12.9. The topological polar surface area (TPSA) is 98.8 Å². The van der Waals surface area contributed by atoms with Crippen molar-refractivity contribution in [2.75, 3.05) is 26.4 Å². The largest absolute Gasteiger partial charge is 0.540 e. The van der Waals surface area contributed by atoms with E-state index in [9.17, 15) is 9.59 Å². The second-order valence-corrected chi connectivity index (χ2v) is 5.76. The Hall–Kier alpha value is -2.10. The Morgan fingerprint density at radius 2 is 1.12 bits per heavy atom. The number of ether oxygens (including phenoxy) is 3. The molecule has 0 N–H and O–H groups in total. The molecule has 144 valence electrons. The highest BCUT2D eigenvalue weighted by Crippen LogP contribution is 2.11. The summed E-state index contributed by atoms with van der Waals surface area (Å²) in [7, 11) is 0. The summed E-state index contributed by atoms with van der Waals surface area (Å²) in [6.07, 6.45) is 0.941. The van der Waals surface area contributed by atoms with Crippen molar-refractivity contribution in [3.05, 3.63) is 25.3 Å². The third-order valence-corrected chi connectivity index (χ3v) is 2.53. The molecule has 0 spiro atoms. The van der Waals surface area contributed by atoms with Gasteiger partial charge >= 0.3 is 12.3 Å². The zero-order valence-electron chi connectivity index (χ0n) is 15.1. The van der Waals surface area contributed by atoms with Gasteiger partial charge in [-0.25, -0.2) is 9.59 Å². The van der Waals surface area contributed by atoms with Gasteiger partial charge in [-0.05, 0) is 27.7 Å². The summed E-state index contributed by atoms with van der Waals surface area (Å²) in [4.78, 5) is 40.8. The maximum absolute atomic E-state index is 11.2. The smallest absolute Gasteiger partial charge is 0.430 e. The van der Waals surface area contributed by atoms with Crippen molar-refractivity contribution in [2.24, 2.45) is 0 Å². The maximum Gasteiger partial charge on any atom is 0.540 e. The highest BCUT2D eigenvalue weighted by atomic mass is 17.2. The lowest BCUT2D eigenvalue weighted by molar-refractivity contribution is -0.303. The summed E-state index contributed by atoms with van der Waals surface area (Å²) in [5, 5.41) is 0. The molecule has 0 radical (unpaired) electrons. The minimum atomic E-state index is -1.000. The van der Waals surface area contributed by atoms with Crippen LogP contribution in [0.25, 0.3) is 0 Å². The summed E-state index contributed by atoms with van der Waals surface area (Å²) in [6.45, 7) is 13.7. The molecule has 0 heterocycles. The van der Waals surface area contributed by atoms with Gasteiger partial charge in [0.05, 0.1) is 13.2 Å². The Morgan fingerprint density at radius 3 is 1.44 bits per heavy atom. The molecule has 0 unspecified atom stereocenters. The van der Waals surface area contributed by atoms with Gasteiger partial charge in [-0.1, -0.05) is 12.2 Å². The first kappa shape index (κ1) is 22.9. The Labute approximate surface area is 147 Å². The van der Waals surface area contributed by atoms with Gasteiger partial charge in [0.1, 0.15) is 24.4 Å². The van der Waals surface area contributed by atoms with Crippen LogP contribution in [0.5, 0.6) is 0 Å². The molecule has 0 aromatic carbocycles. The molecule has 0 amide bonds. The minimum Gasteiger partial charge on any atom is -0.430 e. The van der Waals surface area contributed by atoms with Gasteiger partial charge < -0.3 is 14.2 Å². The van der Waals surface area contributed by atoms with E-state index in [2.05, 4.69) is 22.9 Å². The Balaban J connectivity index is 3.58. The van der Waals surface area contributed by atoms with E-state index >= 15 is 0 Å². The predicted molar refractivity (Wildman–Crippen MR) is 86.4 cm³/mol. The van der Waals surface area contributed by atoms with Crippen LogP contribution < -0.4 is 0 Å². The molecule has 0 aliphatic rings. The fourth-order valence-corrected chi connectivity index (χ4v) is 0.869. The van der Waals surface area contributed by atoms with E-state index < -0.39 is 23.5 Å². The molecule has 0 rings (SSSR count). The lowest BCUT2D eigenvalue weighted by Gasteiger charge is -2.17. The van der Waals surface area contributed by atoms with Crippen molar-refractivity contribution in [3.63, 3.8) is 0 Å². The van der Waals surface area contributed by atoms with Crippen LogP contribution in [-0.4, -0.2) is 49.9 Å². The van der Waals surface area contributed by atoms with Gasteiger partial charge in [-0.15, -0.1) is 13.2 Å². The van der Waals surface area contributed by atoms with Crippen LogP contribution in [0.3, 0.4) is 0 Å². The molecular formula is C16H26O9. The first-order valence-electron chi connectivity index (χ1n) is 7.51.